The molecule has 1 aromatic heterocycles. The third kappa shape index (κ3) is 4.94. The fourth-order valence-electron chi connectivity index (χ4n) is 3.51. The number of aliphatic imine (C=N–C) groups is 1. The van der Waals surface area contributed by atoms with Crippen molar-refractivity contribution >= 4 is 23.1 Å². The van der Waals surface area contributed by atoms with Gasteiger partial charge in [-0.2, -0.15) is 0 Å². The summed E-state index contributed by atoms with van der Waals surface area (Å²) in [4.78, 5) is 25.9. The van der Waals surface area contributed by atoms with Crippen LogP contribution in [0.15, 0.2) is 39.7 Å². The first kappa shape index (κ1) is 17.2. The zero-order valence-electron chi connectivity index (χ0n) is 14.2. The molecule has 3 rings (SSSR count). The minimum atomic E-state index is -0.187. The first-order valence-corrected chi connectivity index (χ1v) is 8.77. The summed E-state index contributed by atoms with van der Waals surface area (Å²) in [5.74, 6) is 1.61. The molecule has 25 heavy (non-hydrogen) atoms. The van der Waals surface area contributed by atoms with Crippen molar-refractivity contribution in [3.8, 4) is 0 Å². The Morgan fingerprint density at radius 3 is 2.92 bits per heavy atom. The van der Waals surface area contributed by atoms with Crippen molar-refractivity contribution in [1.29, 1.82) is 0 Å². The van der Waals surface area contributed by atoms with Gasteiger partial charge in [0.2, 0.25) is 6.08 Å². The largest absolute Gasteiger partial charge is 0.459 e. The van der Waals surface area contributed by atoms with Gasteiger partial charge in [0.05, 0.1) is 13.1 Å². The van der Waals surface area contributed by atoms with E-state index >= 15 is 0 Å². The fraction of sp³-hybridized carbons (Fsp3) is 0.474. The van der Waals surface area contributed by atoms with Crippen LogP contribution < -0.4 is 10.6 Å². The predicted molar refractivity (Wildman–Crippen MR) is 94.9 cm³/mol. The Morgan fingerprint density at radius 2 is 2.08 bits per heavy atom. The molecule has 0 saturated heterocycles. The lowest BCUT2D eigenvalue weighted by Crippen LogP contribution is -2.39. The topological polar surface area (TPSA) is 83.7 Å². The van der Waals surface area contributed by atoms with E-state index in [1.807, 2.05) is 30.3 Å². The van der Waals surface area contributed by atoms with Gasteiger partial charge in [-0.05, 0) is 43.2 Å². The molecule has 1 heterocycles. The zero-order chi connectivity index (χ0) is 17.5. The molecule has 1 fully saturated rings. The Hall–Kier alpha value is -2.59. The molecule has 6 heteroatoms. The van der Waals surface area contributed by atoms with Crippen LogP contribution in [0, 0.1) is 11.8 Å². The maximum atomic E-state index is 12.0. The Balaban J connectivity index is 1.41. The number of carbonyl (C=O) groups is 1. The van der Waals surface area contributed by atoms with Crippen LogP contribution >= 0.6 is 0 Å². The summed E-state index contributed by atoms with van der Waals surface area (Å²) >= 11 is 0. The number of benzene rings is 1. The maximum absolute atomic E-state index is 12.0. The molecule has 2 amide bonds. The van der Waals surface area contributed by atoms with E-state index in [4.69, 9.17) is 4.42 Å². The van der Waals surface area contributed by atoms with Gasteiger partial charge in [0.1, 0.15) is 11.3 Å². The van der Waals surface area contributed by atoms with Gasteiger partial charge < -0.3 is 15.1 Å². The molecular formula is C19H23N3O3. The van der Waals surface area contributed by atoms with E-state index in [0.29, 0.717) is 31.5 Å². The van der Waals surface area contributed by atoms with Crippen molar-refractivity contribution in [3.05, 3.63) is 36.1 Å². The number of nitrogens with zero attached hydrogens (tertiary/aromatic N) is 1. The standard InChI is InChI=1S/C19H23N3O3/c23-13-20-10-14-4-3-5-15(8-14)11-21-19(24)22-12-17-9-16-6-1-2-7-18(16)25-17/h1-2,6-7,9,14-15H,3-5,8,10-12H2,(H2,21,22,24). The number of furan rings is 1. The van der Waals surface area contributed by atoms with Crippen molar-refractivity contribution in [2.24, 2.45) is 16.8 Å². The second-order valence-electron chi connectivity index (χ2n) is 6.64. The van der Waals surface area contributed by atoms with E-state index in [1.165, 1.54) is 0 Å². The zero-order valence-corrected chi connectivity index (χ0v) is 14.2. The first-order chi connectivity index (χ1) is 12.2. The summed E-state index contributed by atoms with van der Waals surface area (Å²) in [6.07, 6.45) is 5.92. The normalized spacial score (nSPS) is 20.0. The molecule has 0 radical (unpaired) electrons. The van der Waals surface area contributed by atoms with Crippen LogP contribution in [0.2, 0.25) is 0 Å². The molecule has 2 N–H and O–H groups in total. The first-order valence-electron chi connectivity index (χ1n) is 8.77. The molecule has 1 saturated carbocycles. The fourth-order valence-corrected chi connectivity index (χ4v) is 3.51. The number of fused-ring (bicyclic) bond motifs is 1. The average molecular weight is 341 g/mol. The predicted octanol–water partition coefficient (Wildman–Crippen LogP) is 3.37. The molecule has 1 aliphatic carbocycles. The van der Waals surface area contributed by atoms with Crippen LogP contribution in [0.1, 0.15) is 31.4 Å². The molecule has 1 aromatic carbocycles. The molecule has 2 unspecified atom stereocenters. The van der Waals surface area contributed by atoms with E-state index in [9.17, 15) is 9.59 Å². The summed E-state index contributed by atoms with van der Waals surface area (Å²) in [6, 6.07) is 9.53. The third-order valence-corrected chi connectivity index (χ3v) is 4.76. The smallest absolute Gasteiger partial charge is 0.315 e. The number of carbonyl (C=O) groups excluding carboxylic acids is 2. The van der Waals surface area contributed by atoms with Crippen molar-refractivity contribution < 1.29 is 14.0 Å². The molecule has 2 aromatic rings. The summed E-state index contributed by atoms with van der Waals surface area (Å²) in [6.45, 7) is 1.56. The quantitative estimate of drug-likeness (QED) is 0.624. The van der Waals surface area contributed by atoms with Crippen molar-refractivity contribution in [2.45, 2.75) is 32.2 Å². The van der Waals surface area contributed by atoms with Gasteiger partial charge in [-0.1, -0.05) is 24.6 Å². The Bertz CT molecular complexity index is 731. The SMILES string of the molecule is O=C=NCC1CCCC(CNC(=O)NCc2cc3ccccc3o2)C1. The van der Waals surface area contributed by atoms with Gasteiger partial charge in [-0.15, -0.1) is 0 Å². The van der Waals surface area contributed by atoms with Gasteiger partial charge >= 0.3 is 6.03 Å². The average Bonchev–Trinajstić information content (AvgIpc) is 3.06. The molecule has 0 aliphatic heterocycles. The Labute approximate surface area is 146 Å². The van der Waals surface area contributed by atoms with E-state index in [0.717, 1.165) is 42.4 Å². The number of hydrogen-bond donors (Lipinski definition) is 2. The van der Waals surface area contributed by atoms with E-state index in [1.54, 1.807) is 6.08 Å². The molecule has 0 bridgehead atoms. The Kier molecular flexibility index (Phi) is 5.86. The lowest BCUT2D eigenvalue weighted by Gasteiger charge is -2.28. The highest BCUT2D eigenvalue weighted by atomic mass is 16.3. The molecule has 0 spiro atoms. The van der Waals surface area contributed by atoms with Gasteiger partial charge in [0.15, 0.2) is 0 Å². The minimum absolute atomic E-state index is 0.187. The van der Waals surface area contributed by atoms with E-state index in [2.05, 4.69) is 15.6 Å². The second-order valence-corrected chi connectivity index (χ2v) is 6.64. The van der Waals surface area contributed by atoms with Crippen LogP contribution in [-0.2, 0) is 11.3 Å². The highest BCUT2D eigenvalue weighted by Gasteiger charge is 2.22. The number of para-hydroxylation sites is 1. The van der Waals surface area contributed by atoms with Crippen LogP contribution in [0.4, 0.5) is 4.79 Å². The number of urea groups is 1. The van der Waals surface area contributed by atoms with Crippen molar-refractivity contribution in [2.75, 3.05) is 13.1 Å². The van der Waals surface area contributed by atoms with Crippen LogP contribution in [-0.4, -0.2) is 25.2 Å². The number of nitrogens with one attached hydrogen (secondary N) is 2. The lowest BCUT2D eigenvalue weighted by molar-refractivity contribution is 0.228. The Morgan fingerprint density at radius 1 is 1.24 bits per heavy atom. The number of hydrogen-bond acceptors (Lipinski definition) is 4. The monoisotopic (exact) mass is 341 g/mol. The van der Waals surface area contributed by atoms with Gasteiger partial charge in [0.25, 0.3) is 0 Å². The van der Waals surface area contributed by atoms with Crippen LogP contribution in [0.25, 0.3) is 11.0 Å². The summed E-state index contributed by atoms with van der Waals surface area (Å²) in [5.41, 5.74) is 0.825. The molecule has 1 aliphatic rings. The summed E-state index contributed by atoms with van der Waals surface area (Å²) < 4.78 is 5.68. The number of isocyanates is 1. The third-order valence-electron chi connectivity index (χ3n) is 4.76. The molecule has 2 atom stereocenters. The van der Waals surface area contributed by atoms with Gasteiger partial charge in [-0.3, -0.25) is 0 Å². The maximum Gasteiger partial charge on any atom is 0.315 e. The van der Waals surface area contributed by atoms with E-state index in [-0.39, 0.29) is 6.03 Å². The van der Waals surface area contributed by atoms with E-state index < -0.39 is 0 Å². The summed E-state index contributed by atoms with van der Waals surface area (Å²) in [7, 11) is 0. The molecular weight excluding hydrogens is 318 g/mol. The summed E-state index contributed by atoms with van der Waals surface area (Å²) in [5, 5.41) is 6.80. The lowest BCUT2D eigenvalue weighted by atomic mass is 9.81. The highest BCUT2D eigenvalue weighted by Crippen LogP contribution is 2.28. The minimum Gasteiger partial charge on any atom is -0.459 e. The van der Waals surface area contributed by atoms with Crippen molar-refractivity contribution in [1.82, 2.24) is 10.6 Å². The van der Waals surface area contributed by atoms with Crippen molar-refractivity contribution in [3.63, 3.8) is 0 Å². The van der Waals surface area contributed by atoms with Crippen LogP contribution in [0.5, 0.6) is 0 Å². The second kappa shape index (κ2) is 8.49. The number of rotatable bonds is 6. The van der Waals surface area contributed by atoms with Gasteiger partial charge in [0, 0.05) is 11.9 Å². The molecule has 6 nitrogen and oxygen atoms in total. The highest BCUT2D eigenvalue weighted by molar-refractivity contribution is 5.78. The number of amides is 2. The van der Waals surface area contributed by atoms with Gasteiger partial charge in [-0.25, -0.2) is 14.6 Å². The van der Waals surface area contributed by atoms with Crippen LogP contribution in [0.3, 0.4) is 0 Å². The molecule has 132 valence electrons.